The van der Waals surface area contributed by atoms with Gasteiger partial charge in [-0.15, -0.1) is 0 Å². The van der Waals surface area contributed by atoms with Gasteiger partial charge in [-0.2, -0.15) is 5.26 Å². The van der Waals surface area contributed by atoms with Crippen molar-refractivity contribution in [3.8, 4) is 6.07 Å². The van der Waals surface area contributed by atoms with Crippen LogP contribution in [-0.2, 0) is 11.2 Å². The molecule has 0 aliphatic carbocycles. The molecule has 3 nitrogen and oxygen atoms in total. The van der Waals surface area contributed by atoms with Gasteiger partial charge in [-0.3, -0.25) is 4.79 Å². The second kappa shape index (κ2) is 5.70. The monoisotopic (exact) mass is 250 g/mol. The van der Waals surface area contributed by atoms with Gasteiger partial charge in [-0.1, -0.05) is 30.7 Å². The van der Waals surface area contributed by atoms with Crippen molar-refractivity contribution >= 4 is 17.5 Å². The molecule has 0 fully saturated rings. The van der Waals surface area contributed by atoms with Crippen molar-refractivity contribution in [2.45, 2.75) is 32.2 Å². The SMILES string of the molecule is CCC(C#N)(Cc1ccc(Cl)cc1)NC(C)=O. The summed E-state index contributed by atoms with van der Waals surface area (Å²) in [5.74, 6) is -0.192. The normalized spacial score (nSPS) is 13.5. The van der Waals surface area contributed by atoms with Crippen molar-refractivity contribution in [2.24, 2.45) is 0 Å². The lowest BCUT2D eigenvalue weighted by Crippen LogP contribution is -2.47. The van der Waals surface area contributed by atoms with Crippen molar-refractivity contribution in [1.82, 2.24) is 5.32 Å². The molecule has 4 heteroatoms. The van der Waals surface area contributed by atoms with E-state index in [1.54, 1.807) is 12.1 Å². The Bertz CT molecular complexity index is 436. The Morgan fingerprint density at radius 3 is 2.47 bits per heavy atom. The molecule has 1 atom stereocenters. The third-order valence-electron chi connectivity index (χ3n) is 2.65. The minimum atomic E-state index is -0.834. The molecule has 1 aromatic carbocycles. The van der Waals surface area contributed by atoms with Crippen LogP contribution in [0.15, 0.2) is 24.3 Å². The molecule has 1 amide bonds. The lowest BCUT2D eigenvalue weighted by molar-refractivity contribution is -0.120. The van der Waals surface area contributed by atoms with Crippen LogP contribution in [0, 0.1) is 11.3 Å². The number of hydrogen-bond acceptors (Lipinski definition) is 2. The van der Waals surface area contributed by atoms with Crippen LogP contribution in [0.5, 0.6) is 0 Å². The Hall–Kier alpha value is -1.53. The van der Waals surface area contributed by atoms with E-state index in [0.29, 0.717) is 17.9 Å². The number of rotatable bonds is 4. The van der Waals surface area contributed by atoms with Crippen LogP contribution in [0.1, 0.15) is 25.8 Å². The number of nitriles is 1. The van der Waals surface area contributed by atoms with E-state index < -0.39 is 5.54 Å². The molecule has 1 aromatic rings. The molecule has 0 aromatic heterocycles. The number of nitrogens with zero attached hydrogens (tertiary/aromatic N) is 1. The van der Waals surface area contributed by atoms with Gasteiger partial charge < -0.3 is 5.32 Å². The highest BCUT2D eigenvalue weighted by atomic mass is 35.5. The summed E-state index contributed by atoms with van der Waals surface area (Å²) >= 11 is 5.80. The number of benzene rings is 1. The van der Waals surface area contributed by atoms with Gasteiger partial charge in [0, 0.05) is 18.4 Å². The van der Waals surface area contributed by atoms with Crippen molar-refractivity contribution < 1.29 is 4.79 Å². The second-order valence-electron chi connectivity index (χ2n) is 4.03. The quantitative estimate of drug-likeness (QED) is 0.893. The van der Waals surface area contributed by atoms with Crippen molar-refractivity contribution in [2.75, 3.05) is 0 Å². The lowest BCUT2D eigenvalue weighted by Gasteiger charge is -2.26. The summed E-state index contributed by atoms with van der Waals surface area (Å²) in [5, 5.41) is 12.6. The van der Waals surface area contributed by atoms with E-state index in [4.69, 9.17) is 11.6 Å². The van der Waals surface area contributed by atoms with Gasteiger partial charge >= 0.3 is 0 Å². The molecular formula is C13H15ClN2O. The maximum atomic E-state index is 11.1. The fourth-order valence-electron chi connectivity index (χ4n) is 1.69. The fraction of sp³-hybridized carbons (Fsp3) is 0.385. The topological polar surface area (TPSA) is 52.9 Å². The Balaban J connectivity index is 2.90. The highest BCUT2D eigenvalue weighted by Gasteiger charge is 2.29. The van der Waals surface area contributed by atoms with Crippen molar-refractivity contribution in [3.63, 3.8) is 0 Å². The Kier molecular flexibility index (Phi) is 4.53. The Morgan fingerprint density at radius 1 is 1.47 bits per heavy atom. The smallest absolute Gasteiger partial charge is 0.218 e. The maximum absolute atomic E-state index is 11.1. The molecule has 1 unspecified atom stereocenters. The number of hydrogen-bond donors (Lipinski definition) is 1. The molecule has 90 valence electrons. The van der Waals surface area contributed by atoms with Crippen LogP contribution < -0.4 is 5.32 Å². The highest BCUT2D eigenvalue weighted by Crippen LogP contribution is 2.18. The lowest BCUT2D eigenvalue weighted by atomic mass is 9.89. The number of carbonyl (C=O) groups excluding carboxylic acids is 1. The zero-order chi connectivity index (χ0) is 12.9. The molecule has 1 rings (SSSR count). The summed E-state index contributed by atoms with van der Waals surface area (Å²) < 4.78 is 0. The Morgan fingerprint density at radius 2 is 2.06 bits per heavy atom. The predicted octanol–water partition coefficient (Wildman–Crippen LogP) is 2.69. The van der Waals surface area contributed by atoms with Crippen molar-refractivity contribution in [3.05, 3.63) is 34.9 Å². The first kappa shape index (κ1) is 13.5. The summed E-state index contributed by atoms with van der Waals surface area (Å²) in [6.07, 6.45) is 1.04. The third kappa shape index (κ3) is 3.76. The fourth-order valence-corrected chi connectivity index (χ4v) is 1.82. The van der Waals surface area contributed by atoms with Gasteiger partial charge in [-0.05, 0) is 24.1 Å². The van der Waals surface area contributed by atoms with Crippen LogP contribution >= 0.6 is 11.6 Å². The van der Waals surface area contributed by atoms with Crippen LogP contribution in [0.3, 0.4) is 0 Å². The molecular weight excluding hydrogens is 236 g/mol. The largest absolute Gasteiger partial charge is 0.338 e. The van der Waals surface area contributed by atoms with E-state index in [1.165, 1.54) is 6.92 Å². The van der Waals surface area contributed by atoms with Crippen LogP contribution in [0.2, 0.25) is 5.02 Å². The minimum Gasteiger partial charge on any atom is -0.338 e. The third-order valence-corrected chi connectivity index (χ3v) is 2.90. The average molecular weight is 251 g/mol. The van der Waals surface area contributed by atoms with E-state index in [0.717, 1.165) is 5.56 Å². The van der Waals surface area contributed by atoms with Gasteiger partial charge in [0.05, 0.1) is 6.07 Å². The summed E-state index contributed by atoms with van der Waals surface area (Å²) in [6, 6.07) is 9.49. The highest BCUT2D eigenvalue weighted by molar-refractivity contribution is 6.30. The predicted molar refractivity (Wildman–Crippen MR) is 67.6 cm³/mol. The zero-order valence-electron chi connectivity index (χ0n) is 9.96. The second-order valence-corrected chi connectivity index (χ2v) is 4.47. The standard InChI is InChI=1S/C13H15ClN2O/c1-3-13(9-15,16-10(2)17)8-11-4-6-12(14)7-5-11/h4-7H,3,8H2,1-2H3,(H,16,17). The molecule has 0 aliphatic rings. The summed E-state index contributed by atoms with van der Waals surface area (Å²) in [7, 11) is 0. The molecule has 0 saturated heterocycles. The van der Waals surface area contributed by atoms with E-state index in [2.05, 4.69) is 11.4 Å². The van der Waals surface area contributed by atoms with Gasteiger partial charge in [-0.25, -0.2) is 0 Å². The van der Waals surface area contributed by atoms with E-state index in [1.807, 2.05) is 19.1 Å². The number of carbonyl (C=O) groups is 1. The van der Waals surface area contributed by atoms with Gasteiger partial charge in [0.1, 0.15) is 5.54 Å². The molecule has 0 heterocycles. The summed E-state index contributed by atoms with van der Waals surface area (Å²) in [4.78, 5) is 11.1. The van der Waals surface area contributed by atoms with Crippen molar-refractivity contribution in [1.29, 1.82) is 5.26 Å². The summed E-state index contributed by atoms with van der Waals surface area (Å²) in [6.45, 7) is 3.30. The number of amides is 1. The molecule has 0 bridgehead atoms. The molecule has 0 saturated carbocycles. The van der Waals surface area contributed by atoms with Gasteiger partial charge in [0.15, 0.2) is 0 Å². The van der Waals surface area contributed by atoms with Crippen LogP contribution in [-0.4, -0.2) is 11.4 Å². The van der Waals surface area contributed by atoms with E-state index in [-0.39, 0.29) is 5.91 Å². The van der Waals surface area contributed by atoms with Crippen LogP contribution in [0.25, 0.3) is 0 Å². The first-order valence-electron chi connectivity index (χ1n) is 5.46. The Labute approximate surface area is 106 Å². The molecule has 1 N–H and O–H groups in total. The number of nitrogens with one attached hydrogen (secondary N) is 1. The average Bonchev–Trinajstić information content (AvgIpc) is 2.30. The van der Waals surface area contributed by atoms with E-state index >= 15 is 0 Å². The number of halogens is 1. The van der Waals surface area contributed by atoms with Gasteiger partial charge in [0.2, 0.25) is 5.91 Å². The maximum Gasteiger partial charge on any atom is 0.218 e. The summed E-state index contributed by atoms with van der Waals surface area (Å²) in [5.41, 5.74) is 0.145. The van der Waals surface area contributed by atoms with E-state index in [9.17, 15) is 10.1 Å². The first-order valence-corrected chi connectivity index (χ1v) is 5.83. The molecule has 17 heavy (non-hydrogen) atoms. The molecule has 0 radical (unpaired) electrons. The minimum absolute atomic E-state index is 0.192. The van der Waals surface area contributed by atoms with Gasteiger partial charge in [0.25, 0.3) is 0 Å². The first-order chi connectivity index (χ1) is 8.01. The molecule has 0 spiro atoms. The van der Waals surface area contributed by atoms with Crippen LogP contribution in [0.4, 0.5) is 0 Å². The molecule has 0 aliphatic heterocycles. The zero-order valence-corrected chi connectivity index (χ0v) is 10.7.